The van der Waals surface area contributed by atoms with Crippen LogP contribution >= 0.6 is 11.3 Å². The molecule has 1 fully saturated rings. The zero-order valence-electron chi connectivity index (χ0n) is 9.88. The molecule has 1 saturated heterocycles. The fraction of sp³-hybridized carbons (Fsp3) is 0.600. The Morgan fingerprint density at radius 1 is 1.53 bits per heavy atom. The first-order chi connectivity index (χ1) is 8.88. The van der Waals surface area contributed by atoms with Gasteiger partial charge in [0.25, 0.3) is 5.78 Å². The van der Waals surface area contributed by atoms with Gasteiger partial charge in [0.05, 0.1) is 0 Å². The van der Waals surface area contributed by atoms with E-state index in [0.29, 0.717) is 17.9 Å². The Labute approximate surface area is 111 Å². The highest BCUT2D eigenvalue weighted by atomic mass is 32.1. The molecule has 5 nitrogen and oxygen atoms in total. The number of nitrogens with two attached hydrogens (primary N) is 1. The smallest absolute Gasteiger partial charge is 0.382 e. The first-order valence-electron chi connectivity index (χ1n) is 5.73. The molecular formula is C10H13F3N4OS. The summed E-state index contributed by atoms with van der Waals surface area (Å²) in [4.78, 5) is 14.3. The van der Waals surface area contributed by atoms with Crippen LogP contribution in [0.15, 0.2) is 0 Å². The van der Waals surface area contributed by atoms with Crippen molar-refractivity contribution in [2.75, 3.05) is 24.1 Å². The van der Waals surface area contributed by atoms with Crippen LogP contribution in [0.2, 0.25) is 0 Å². The quantitative estimate of drug-likeness (QED) is 0.738. The number of nitrogens with one attached hydrogen (secondary N) is 2. The van der Waals surface area contributed by atoms with Gasteiger partial charge in [-0.25, -0.2) is 4.98 Å². The van der Waals surface area contributed by atoms with Gasteiger partial charge in [0.2, 0.25) is 0 Å². The van der Waals surface area contributed by atoms with Gasteiger partial charge in [0.1, 0.15) is 10.7 Å². The molecular weight excluding hydrogens is 281 g/mol. The minimum absolute atomic E-state index is 0.0909. The Morgan fingerprint density at radius 2 is 2.26 bits per heavy atom. The number of rotatable bonds is 3. The number of alkyl halides is 3. The van der Waals surface area contributed by atoms with Crippen LogP contribution in [-0.4, -0.2) is 36.1 Å². The van der Waals surface area contributed by atoms with Crippen molar-refractivity contribution in [2.24, 2.45) is 0 Å². The number of carbonyl (C=O) groups is 1. The Morgan fingerprint density at radius 3 is 2.84 bits per heavy atom. The number of carbonyl (C=O) groups excluding carboxylic acids is 1. The van der Waals surface area contributed by atoms with Gasteiger partial charge in [0, 0.05) is 12.6 Å². The number of ketones is 1. The highest BCUT2D eigenvalue weighted by molar-refractivity contribution is 7.18. The second-order valence-corrected chi connectivity index (χ2v) is 5.25. The van der Waals surface area contributed by atoms with Crippen LogP contribution in [0.4, 0.5) is 24.1 Å². The maximum atomic E-state index is 12.3. The standard InChI is InChI=1S/C10H13F3N4OS/c11-10(12,13)7(18)6-8(14)17-9(19-6)16-5-2-1-3-15-4-5/h5,15H,1-4,14H2,(H,16,17). The maximum absolute atomic E-state index is 12.3. The molecule has 0 bridgehead atoms. The third-order valence-electron chi connectivity index (χ3n) is 2.74. The lowest BCUT2D eigenvalue weighted by atomic mass is 10.1. The zero-order chi connectivity index (χ0) is 14.0. The number of hydrogen-bond acceptors (Lipinski definition) is 6. The largest absolute Gasteiger partial charge is 0.455 e. The first-order valence-corrected chi connectivity index (χ1v) is 6.54. The van der Waals surface area contributed by atoms with Gasteiger partial charge in [0.15, 0.2) is 5.13 Å². The third-order valence-corrected chi connectivity index (χ3v) is 3.74. The van der Waals surface area contributed by atoms with Gasteiger partial charge in [-0.3, -0.25) is 4.79 Å². The molecule has 1 atom stereocenters. The predicted octanol–water partition coefficient (Wildman–Crippen LogP) is 1.63. The van der Waals surface area contributed by atoms with Crippen molar-refractivity contribution in [3.05, 3.63) is 4.88 Å². The number of thiazole rings is 1. The summed E-state index contributed by atoms with van der Waals surface area (Å²) in [5.74, 6) is -2.32. The Hall–Kier alpha value is -1.35. The van der Waals surface area contributed by atoms with E-state index in [9.17, 15) is 18.0 Å². The number of piperidine rings is 1. The van der Waals surface area contributed by atoms with E-state index < -0.39 is 16.8 Å². The van der Waals surface area contributed by atoms with E-state index in [1.54, 1.807) is 0 Å². The van der Waals surface area contributed by atoms with Crippen LogP contribution in [0.25, 0.3) is 0 Å². The molecule has 4 N–H and O–H groups in total. The summed E-state index contributed by atoms with van der Waals surface area (Å²) in [7, 11) is 0. The number of nitrogen functional groups attached to an aromatic ring is 1. The van der Waals surface area contributed by atoms with Crippen molar-refractivity contribution < 1.29 is 18.0 Å². The van der Waals surface area contributed by atoms with Crippen molar-refractivity contribution in [3.8, 4) is 0 Å². The normalized spacial score (nSPS) is 20.3. The van der Waals surface area contributed by atoms with Gasteiger partial charge in [-0.1, -0.05) is 11.3 Å². The predicted molar refractivity (Wildman–Crippen MR) is 66.4 cm³/mol. The minimum Gasteiger partial charge on any atom is -0.382 e. The minimum atomic E-state index is -4.93. The Bertz CT molecular complexity index is 468. The highest BCUT2D eigenvalue weighted by Gasteiger charge is 2.42. The van der Waals surface area contributed by atoms with Gasteiger partial charge < -0.3 is 16.4 Å². The summed E-state index contributed by atoms with van der Waals surface area (Å²) < 4.78 is 37.0. The number of aromatic nitrogens is 1. The number of hydrogen-bond donors (Lipinski definition) is 3. The van der Waals surface area contributed by atoms with Crippen LogP contribution < -0.4 is 16.4 Å². The molecule has 2 rings (SSSR count). The summed E-state index contributed by atoms with van der Waals surface area (Å²) in [5, 5.41) is 6.40. The molecule has 0 radical (unpaired) electrons. The van der Waals surface area contributed by atoms with Crippen LogP contribution in [-0.2, 0) is 0 Å². The van der Waals surface area contributed by atoms with E-state index in [1.807, 2.05) is 0 Å². The lowest BCUT2D eigenvalue weighted by molar-refractivity contribution is -0.0882. The van der Waals surface area contributed by atoms with E-state index in [2.05, 4.69) is 15.6 Å². The molecule has 1 aromatic rings. The first kappa shape index (κ1) is 14.1. The second-order valence-electron chi connectivity index (χ2n) is 4.25. The molecule has 0 spiro atoms. The molecule has 0 aromatic carbocycles. The third kappa shape index (κ3) is 3.35. The van der Waals surface area contributed by atoms with Crippen molar-refractivity contribution in [3.63, 3.8) is 0 Å². The molecule has 1 aliphatic heterocycles. The van der Waals surface area contributed by atoms with Gasteiger partial charge in [-0.15, -0.1) is 0 Å². The molecule has 106 valence electrons. The summed E-state index contributed by atoms with van der Waals surface area (Å²) in [6, 6.07) is 0.0909. The SMILES string of the molecule is Nc1nc(NC2CCCNC2)sc1C(=O)C(F)(F)F. The van der Waals surface area contributed by atoms with Crippen LogP contribution in [0.5, 0.6) is 0 Å². The Kier molecular flexibility index (Phi) is 3.95. The van der Waals surface area contributed by atoms with E-state index in [0.717, 1.165) is 19.4 Å². The molecule has 2 heterocycles. The average Bonchev–Trinajstić information content (AvgIpc) is 2.69. The summed E-state index contributed by atoms with van der Waals surface area (Å²) in [6.45, 7) is 1.64. The Balaban J connectivity index is 2.10. The van der Waals surface area contributed by atoms with E-state index >= 15 is 0 Å². The van der Waals surface area contributed by atoms with Crippen molar-refractivity contribution >= 4 is 28.1 Å². The molecule has 0 aliphatic carbocycles. The topological polar surface area (TPSA) is 80.0 Å². The van der Waals surface area contributed by atoms with Gasteiger partial charge in [-0.05, 0) is 19.4 Å². The lowest BCUT2D eigenvalue weighted by Gasteiger charge is -2.23. The molecule has 9 heteroatoms. The molecule has 1 aliphatic rings. The van der Waals surface area contributed by atoms with Gasteiger partial charge in [-0.2, -0.15) is 13.2 Å². The zero-order valence-corrected chi connectivity index (χ0v) is 10.7. The van der Waals surface area contributed by atoms with Crippen molar-refractivity contribution in [1.29, 1.82) is 0 Å². The number of Topliss-reactive ketones (excluding diaryl/α,β-unsaturated/α-hetero) is 1. The van der Waals surface area contributed by atoms with Crippen LogP contribution in [0.1, 0.15) is 22.5 Å². The second kappa shape index (κ2) is 5.33. The van der Waals surface area contributed by atoms with Crippen molar-refractivity contribution in [2.45, 2.75) is 25.1 Å². The van der Waals surface area contributed by atoms with Crippen LogP contribution in [0, 0.1) is 0 Å². The molecule has 0 amide bonds. The van der Waals surface area contributed by atoms with E-state index in [-0.39, 0.29) is 17.0 Å². The molecule has 0 saturated carbocycles. The fourth-order valence-corrected chi connectivity index (χ4v) is 2.76. The number of nitrogens with zero attached hydrogens (tertiary/aromatic N) is 1. The van der Waals surface area contributed by atoms with E-state index in [1.165, 1.54) is 0 Å². The van der Waals surface area contributed by atoms with Crippen molar-refractivity contribution in [1.82, 2.24) is 10.3 Å². The summed E-state index contributed by atoms with van der Waals surface area (Å²) in [6.07, 6.45) is -3.05. The molecule has 19 heavy (non-hydrogen) atoms. The van der Waals surface area contributed by atoms with Crippen LogP contribution in [0.3, 0.4) is 0 Å². The molecule has 1 unspecified atom stereocenters. The average molecular weight is 294 g/mol. The number of halogens is 3. The van der Waals surface area contributed by atoms with E-state index in [4.69, 9.17) is 5.73 Å². The van der Waals surface area contributed by atoms with Gasteiger partial charge >= 0.3 is 6.18 Å². The lowest BCUT2D eigenvalue weighted by Crippen LogP contribution is -2.38. The maximum Gasteiger partial charge on any atom is 0.455 e. The molecule has 1 aromatic heterocycles. The summed E-state index contributed by atoms with van der Waals surface area (Å²) >= 11 is 0.644. The summed E-state index contributed by atoms with van der Waals surface area (Å²) in [5.41, 5.74) is 5.37. The fourth-order valence-electron chi connectivity index (χ4n) is 1.83. The highest BCUT2D eigenvalue weighted by Crippen LogP contribution is 2.32. The monoisotopic (exact) mass is 294 g/mol. The number of anilines is 2.